The molecule has 8 nitrogen and oxygen atoms in total. The number of halogens is 1. The van der Waals surface area contributed by atoms with Crippen molar-refractivity contribution in [2.24, 2.45) is 0 Å². The summed E-state index contributed by atoms with van der Waals surface area (Å²) in [6.07, 6.45) is 1.73. The van der Waals surface area contributed by atoms with Crippen LogP contribution in [0.1, 0.15) is 57.6 Å². The maximum absolute atomic E-state index is 14.5. The molecule has 0 unspecified atom stereocenters. The number of ether oxygens (including phenoxy) is 1. The zero-order valence-corrected chi connectivity index (χ0v) is 29.2. The Hall–Kier alpha value is -5.61. The number of benzene rings is 3. The third kappa shape index (κ3) is 6.07. The summed E-state index contributed by atoms with van der Waals surface area (Å²) >= 11 is 1.32. The number of anilines is 2. The number of amides is 2. The van der Waals surface area contributed by atoms with Gasteiger partial charge in [0.1, 0.15) is 17.1 Å². The number of para-hydroxylation sites is 3. The van der Waals surface area contributed by atoms with Gasteiger partial charge in [-0.2, -0.15) is 0 Å². The van der Waals surface area contributed by atoms with Gasteiger partial charge in [0.05, 0.1) is 27.5 Å². The summed E-state index contributed by atoms with van der Waals surface area (Å²) in [6.45, 7) is 9.52. The van der Waals surface area contributed by atoms with Gasteiger partial charge in [-0.05, 0) is 88.1 Å². The van der Waals surface area contributed by atoms with E-state index in [4.69, 9.17) is 9.72 Å². The maximum Gasteiger partial charge on any atom is 0.419 e. The van der Waals surface area contributed by atoms with Crippen LogP contribution >= 0.6 is 11.3 Å². The van der Waals surface area contributed by atoms with Crippen LogP contribution in [0.5, 0.6) is 0 Å². The van der Waals surface area contributed by atoms with Gasteiger partial charge in [-0.3, -0.25) is 14.2 Å². The third-order valence-electron chi connectivity index (χ3n) is 8.64. The molecule has 2 amide bonds. The lowest BCUT2D eigenvalue weighted by molar-refractivity contribution is 0.0544. The second kappa shape index (κ2) is 12.7. The molecule has 1 aliphatic heterocycles. The van der Waals surface area contributed by atoms with Gasteiger partial charge in [-0.25, -0.2) is 14.2 Å². The van der Waals surface area contributed by atoms with Gasteiger partial charge >= 0.3 is 6.09 Å². The highest BCUT2D eigenvalue weighted by molar-refractivity contribution is 7.17. The third-order valence-corrected chi connectivity index (χ3v) is 9.85. The molecule has 3 aromatic heterocycles. The zero-order chi connectivity index (χ0) is 35.3. The number of thiophene rings is 1. The lowest BCUT2D eigenvalue weighted by Crippen LogP contribution is -2.33. The quantitative estimate of drug-likeness (QED) is 0.200. The Morgan fingerprint density at radius 2 is 1.64 bits per heavy atom. The number of hydrogen-bond donors (Lipinski definition) is 1. The van der Waals surface area contributed by atoms with Crippen molar-refractivity contribution in [3.8, 4) is 21.7 Å². The molecule has 0 spiro atoms. The predicted molar refractivity (Wildman–Crippen MR) is 196 cm³/mol. The van der Waals surface area contributed by atoms with Gasteiger partial charge in [-0.1, -0.05) is 54.6 Å². The Morgan fingerprint density at radius 3 is 2.42 bits per heavy atom. The fourth-order valence-corrected chi connectivity index (χ4v) is 7.48. The van der Waals surface area contributed by atoms with Gasteiger partial charge in [0.2, 0.25) is 0 Å². The first kappa shape index (κ1) is 32.9. The second-order valence-electron chi connectivity index (χ2n) is 13.3. The molecule has 3 aromatic carbocycles. The second-order valence-corrected chi connectivity index (χ2v) is 14.4. The molecule has 7 rings (SSSR count). The summed E-state index contributed by atoms with van der Waals surface area (Å²) in [4.78, 5) is 48.7. The molecule has 0 saturated carbocycles. The van der Waals surface area contributed by atoms with E-state index in [1.807, 2.05) is 82.3 Å². The van der Waals surface area contributed by atoms with E-state index in [-0.39, 0.29) is 23.2 Å². The molecular formula is C40H35FN4O4S. The number of pyridine rings is 1. The van der Waals surface area contributed by atoms with E-state index in [0.29, 0.717) is 40.4 Å². The summed E-state index contributed by atoms with van der Waals surface area (Å²) < 4.78 is 21.7. The van der Waals surface area contributed by atoms with Crippen molar-refractivity contribution in [1.82, 2.24) is 9.55 Å². The summed E-state index contributed by atoms with van der Waals surface area (Å²) in [7, 11) is 0. The number of nitrogens with one attached hydrogen (secondary N) is 1. The predicted octanol–water partition coefficient (Wildman–Crippen LogP) is 9.43. The number of carbonyl (C=O) groups excluding carboxylic acids is 3. The minimum Gasteiger partial charge on any atom is -0.443 e. The molecule has 6 aromatic rings. The Kier molecular flexibility index (Phi) is 8.35. The van der Waals surface area contributed by atoms with Gasteiger partial charge in [-0.15, -0.1) is 11.3 Å². The normalized spacial score (nSPS) is 12.6. The maximum atomic E-state index is 14.5. The highest BCUT2D eigenvalue weighted by Gasteiger charge is 2.29. The first-order valence-corrected chi connectivity index (χ1v) is 17.1. The fourth-order valence-electron chi connectivity index (χ4n) is 6.34. The topological polar surface area (TPSA) is 93.5 Å². The number of rotatable bonds is 4. The molecule has 50 heavy (non-hydrogen) atoms. The molecule has 10 heteroatoms. The van der Waals surface area contributed by atoms with Crippen LogP contribution in [-0.2, 0) is 11.2 Å². The summed E-state index contributed by atoms with van der Waals surface area (Å²) in [5.41, 5.74) is 5.73. The van der Waals surface area contributed by atoms with Crippen LogP contribution in [0.2, 0.25) is 0 Å². The number of aryl methyl sites for hydroxylation is 2. The monoisotopic (exact) mass is 686 g/mol. The molecule has 1 aliphatic rings. The highest BCUT2D eigenvalue weighted by atomic mass is 32.1. The van der Waals surface area contributed by atoms with Gasteiger partial charge < -0.3 is 15.0 Å². The molecule has 1 N–H and O–H groups in total. The lowest BCUT2D eigenvalue weighted by Gasteiger charge is -2.23. The van der Waals surface area contributed by atoms with E-state index in [9.17, 15) is 18.8 Å². The van der Waals surface area contributed by atoms with E-state index in [0.717, 1.165) is 32.5 Å². The molecule has 0 bridgehead atoms. The van der Waals surface area contributed by atoms with Crippen molar-refractivity contribution < 1.29 is 23.5 Å². The number of nitrogens with zero attached hydrogens (tertiary/aromatic N) is 3. The standard InChI is InChI=1S/C40H35FN4O4S/c1-23-11-9-15-29(41)34(23)43-37(46)33-21-25-19-20-44(32-18-7-6-13-27(32)36(25)50-33)38(47)31-17-10-16-30(42-31)28-22-45(39(48)49-40(3,4)5)35-24(2)12-8-14-26(28)35/h6-18,21-22H,19-20H2,1-5H3,(H,43,46). The Bertz CT molecular complexity index is 2310. The Balaban J connectivity index is 1.21. The SMILES string of the molecule is Cc1cccc(F)c1NC(=O)c1cc2c(s1)-c1ccccc1N(C(=O)c1cccc(-c3cn(C(=O)OC(C)(C)C)c4c(C)cccc34)n1)CC2. The average Bonchev–Trinajstić information content (AvgIpc) is 3.66. The van der Waals surface area contributed by atoms with Crippen LogP contribution in [0.3, 0.4) is 0 Å². The number of aromatic nitrogens is 2. The number of hydrogen-bond acceptors (Lipinski definition) is 6. The molecule has 0 radical (unpaired) electrons. The van der Waals surface area contributed by atoms with E-state index in [2.05, 4.69) is 5.32 Å². The van der Waals surface area contributed by atoms with Crippen molar-refractivity contribution in [3.05, 3.63) is 124 Å². The van der Waals surface area contributed by atoms with E-state index in [1.54, 1.807) is 42.3 Å². The fraction of sp³-hybridized carbons (Fsp3) is 0.200. The van der Waals surface area contributed by atoms with E-state index < -0.39 is 17.5 Å². The summed E-state index contributed by atoms with van der Waals surface area (Å²) in [5, 5.41) is 3.56. The van der Waals surface area contributed by atoms with Gasteiger partial charge in [0.25, 0.3) is 11.8 Å². The minimum atomic E-state index is -0.678. The first-order chi connectivity index (χ1) is 23.9. The van der Waals surface area contributed by atoms with Crippen LogP contribution in [0.4, 0.5) is 20.6 Å². The average molecular weight is 687 g/mol. The van der Waals surface area contributed by atoms with Gasteiger partial charge in [0, 0.05) is 34.1 Å². The number of fused-ring (bicyclic) bond motifs is 4. The van der Waals surface area contributed by atoms with E-state index in [1.165, 1.54) is 22.0 Å². The molecule has 4 heterocycles. The van der Waals surface area contributed by atoms with Crippen LogP contribution in [-0.4, -0.2) is 39.6 Å². The Labute approximate surface area is 293 Å². The lowest BCUT2D eigenvalue weighted by atomic mass is 10.1. The van der Waals surface area contributed by atoms with Gasteiger partial charge in [0.15, 0.2) is 0 Å². The summed E-state index contributed by atoms with van der Waals surface area (Å²) in [6, 6.07) is 25.2. The van der Waals surface area contributed by atoms with Crippen LogP contribution in [0, 0.1) is 19.7 Å². The van der Waals surface area contributed by atoms with Crippen molar-refractivity contribution in [1.29, 1.82) is 0 Å². The van der Waals surface area contributed by atoms with Crippen molar-refractivity contribution >= 4 is 51.5 Å². The number of carbonyl (C=O) groups is 3. The van der Waals surface area contributed by atoms with Crippen molar-refractivity contribution in [3.63, 3.8) is 0 Å². The van der Waals surface area contributed by atoms with Crippen LogP contribution in [0.15, 0.2) is 91.1 Å². The molecule has 0 atom stereocenters. The molecule has 0 saturated heterocycles. The Morgan fingerprint density at radius 1 is 0.900 bits per heavy atom. The zero-order valence-electron chi connectivity index (χ0n) is 28.3. The largest absolute Gasteiger partial charge is 0.443 e. The van der Waals surface area contributed by atoms with Crippen molar-refractivity contribution in [2.75, 3.05) is 16.8 Å². The molecule has 252 valence electrons. The smallest absolute Gasteiger partial charge is 0.419 e. The molecule has 0 fully saturated rings. The highest BCUT2D eigenvalue weighted by Crippen LogP contribution is 2.42. The molecule has 0 aliphatic carbocycles. The summed E-state index contributed by atoms with van der Waals surface area (Å²) in [5.74, 6) is -1.14. The first-order valence-electron chi connectivity index (χ1n) is 16.3. The van der Waals surface area contributed by atoms with Crippen LogP contribution < -0.4 is 10.2 Å². The van der Waals surface area contributed by atoms with Crippen molar-refractivity contribution in [2.45, 2.75) is 46.6 Å². The van der Waals surface area contributed by atoms with E-state index >= 15 is 0 Å². The minimum absolute atomic E-state index is 0.164. The van der Waals surface area contributed by atoms with Crippen LogP contribution in [0.25, 0.3) is 32.6 Å². The molecular weight excluding hydrogens is 652 g/mol.